The van der Waals surface area contributed by atoms with Crippen molar-refractivity contribution in [3.05, 3.63) is 0 Å². The molecule has 4 unspecified atom stereocenters. The zero-order chi connectivity index (χ0) is 8.01. The molecule has 0 aromatic heterocycles. The second kappa shape index (κ2) is 3.23. The van der Waals surface area contributed by atoms with Gasteiger partial charge in [-0.1, -0.05) is 0 Å². The van der Waals surface area contributed by atoms with Gasteiger partial charge in [0.15, 0.2) is 0 Å². The third-order valence-corrected chi connectivity index (χ3v) is 3.14. The molecule has 2 rings (SSSR count). The Balaban J connectivity index is 0.000000720. The first-order chi connectivity index (χ1) is 5.20. The smallest absolute Gasteiger partial charge is 0.320 e. The minimum Gasteiger partial charge on any atom is -0.480 e. The zero-order valence-corrected chi connectivity index (χ0v) is 7.59. The highest BCUT2D eigenvalue weighted by Crippen LogP contribution is 2.56. The number of rotatable bonds is 2. The van der Waals surface area contributed by atoms with Crippen LogP contribution >= 0.6 is 12.4 Å². The highest BCUT2D eigenvalue weighted by atomic mass is 35.5. The molecule has 2 aliphatic rings. The first-order valence-corrected chi connectivity index (χ1v) is 4.18. The molecule has 0 heterocycles. The molecule has 2 saturated carbocycles. The van der Waals surface area contributed by atoms with Gasteiger partial charge in [0, 0.05) is 0 Å². The molecule has 70 valence electrons. The lowest BCUT2D eigenvalue weighted by atomic mass is 9.95. The summed E-state index contributed by atoms with van der Waals surface area (Å²) in [5, 5.41) is 8.65. The Morgan fingerprint density at radius 3 is 2.50 bits per heavy atom. The van der Waals surface area contributed by atoms with E-state index in [-0.39, 0.29) is 18.3 Å². The summed E-state index contributed by atoms with van der Waals surface area (Å²) in [4.78, 5) is 10.5. The van der Waals surface area contributed by atoms with Crippen molar-refractivity contribution in [3.8, 4) is 0 Å². The molecule has 0 spiro atoms. The van der Waals surface area contributed by atoms with Crippen LogP contribution in [-0.4, -0.2) is 17.1 Å². The minimum atomic E-state index is -0.831. The zero-order valence-electron chi connectivity index (χ0n) is 6.77. The van der Waals surface area contributed by atoms with Crippen LogP contribution in [0.15, 0.2) is 0 Å². The standard InChI is InChI=1S/C8H13NO2.ClH/c9-7(8(10)11)5-2-1-4-3-6(4)5;/h4-7H,1-3,9H2,(H,10,11);1H. The molecule has 0 aliphatic heterocycles. The van der Waals surface area contributed by atoms with Crippen molar-refractivity contribution >= 4 is 18.4 Å². The van der Waals surface area contributed by atoms with Gasteiger partial charge >= 0.3 is 5.97 Å². The van der Waals surface area contributed by atoms with Gasteiger partial charge in [-0.2, -0.15) is 0 Å². The van der Waals surface area contributed by atoms with Gasteiger partial charge < -0.3 is 10.8 Å². The van der Waals surface area contributed by atoms with Crippen molar-refractivity contribution in [1.82, 2.24) is 0 Å². The van der Waals surface area contributed by atoms with Crippen molar-refractivity contribution in [1.29, 1.82) is 0 Å². The van der Waals surface area contributed by atoms with E-state index in [2.05, 4.69) is 0 Å². The third kappa shape index (κ3) is 1.43. The van der Waals surface area contributed by atoms with E-state index in [0.29, 0.717) is 5.92 Å². The van der Waals surface area contributed by atoms with Gasteiger partial charge in [0.05, 0.1) is 0 Å². The van der Waals surface area contributed by atoms with E-state index in [4.69, 9.17) is 10.8 Å². The lowest BCUT2D eigenvalue weighted by Crippen LogP contribution is -2.38. The van der Waals surface area contributed by atoms with E-state index in [0.717, 1.165) is 12.3 Å². The summed E-state index contributed by atoms with van der Waals surface area (Å²) in [6.45, 7) is 0. The maximum Gasteiger partial charge on any atom is 0.320 e. The van der Waals surface area contributed by atoms with Gasteiger partial charge in [0.2, 0.25) is 0 Å². The molecule has 0 aromatic carbocycles. The monoisotopic (exact) mass is 191 g/mol. The number of halogens is 1. The maximum absolute atomic E-state index is 10.5. The minimum absolute atomic E-state index is 0. The van der Waals surface area contributed by atoms with Crippen LogP contribution in [0.25, 0.3) is 0 Å². The topological polar surface area (TPSA) is 63.3 Å². The maximum atomic E-state index is 10.5. The summed E-state index contributed by atoms with van der Waals surface area (Å²) in [6.07, 6.45) is 3.46. The number of aliphatic carboxylic acids is 1. The molecule has 3 nitrogen and oxygen atoms in total. The van der Waals surface area contributed by atoms with Crippen LogP contribution in [0.2, 0.25) is 0 Å². The van der Waals surface area contributed by atoms with Gasteiger partial charge in [0.25, 0.3) is 0 Å². The average molecular weight is 192 g/mol. The first kappa shape index (κ1) is 9.81. The number of hydrogen-bond donors (Lipinski definition) is 2. The van der Waals surface area contributed by atoms with E-state index >= 15 is 0 Å². The number of hydrogen-bond acceptors (Lipinski definition) is 2. The summed E-state index contributed by atoms with van der Waals surface area (Å²) in [5.41, 5.74) is 5.54. The van der Waals surface area contributed by atoms with E-state index in [1.807, 2.05) is 0 Å². The SMILES string of the molecule is Cl.NC(C(=O)O)C1CCC2CC21. The molecule has 2 aliphatic carbocycles. The fraction of sp³-hybridized carbons (Fsp3) is 0.875. The van der Waals surface area contributed by atoms with Gasteiger partial charge in [-0.3, -0.25) is 4.79 Å². The van der Waals surface area contributed by atoms with Gasteiger partial charge in [-0.05, 0) is 37.0 Å². The molecule has 3 N–H and O–H groups in total. The molecule has 2 fully saturated rings. The predicted octanol–water partition coefficient (Wildman–Crippen LogP) is 0.866. The average Bonchev–Trinajstić information content (AvgIpc) is 2.62. The fourth-order valence-electron chi connectivity index (χ4n) is 2.38. The van der Waals surface area contributed by atoms with Crippen LogP contribution in [-0.2, 0) is 4.79 Å². The lowest BCUT2D eigenvalue weighted by molar-refractivity contribution is -0.140. The summed E-state index contributed by atoms with van der Waals surface area (Å²) in [6, 6.07) is -0.604. The molecule has 4 atom stereocenters. The Morgan fingerprint density at radius 1 is 1.50 bits per heavy atom. The molecule has 0 amide bonds. The van der Waals surface area contributed by atoms with Crippen LogP contribution < -0.4 is 5.73 Å². The van der Waals surface area contributed by atoms with Crippen LogP contribution in [0, 0.1) is 17.8 Å². The molecule has 0 radical (unpaired) electrons. The summed E-state index contributed by atoms with van der Waals surface area (Å²) in [5.74, 6) is 0.923. The van der Waals surface area contributed by atoms with Crippen LogP contribution in [0.5, 0.6) is 0 Å². The Kier molecular flexibility index (Phi) is 2.64. The van der Waals surface area contributed by atoms with Crippen molar-refractivity contribution in [2.45, 2.75) is 25.3 Å². The number of fused-ring (bicyclic) bond motifs is 1. The van der Waals surface area contributed by atoms with Crippen molar-refractivity contribution < 1.29 is 9.90 Å². The molecule has 0 saturated heterocycles. The number of nitrogens with two attached hydrogens (primary N) is 1. The second-order valence-corrected chi connectivity index (χ2v) is 3.76. The van der Waals surface area contributed by atoms with E-state index < -0.39 is 12.0 Å². The van der Waals surface area contributed by atoms with Crippen LogP contribution in [0.1, 0.15) is 19.3 Å². The van der Waals surface area contributed by atoms with E-state index in [9.17, 15) is 4.79 Å². The number of carboxylic acid groups (broad SMARTS) is 1. The highest BCUT2D eigenvalue weighted by Gasteiger charge is 2.51. The Labute approximate surface area is 77.7 Å². The second-order valence-electron chi connectivity index (χ2n) is 3.76. The molecular weight excluding hydrogens is 178 g/mol. The first-order valence-electron chi connectivity index (χ1n) is 4.18. The Bertz CT molecular complexity index is 197. The predicted molar refractivity (Wildman–Crippen MR) is 47.2 cm³/mol. The Morgan fingerprint density at radius 2 is 2.17 bits per heavy atom. The van der Waals surface area contributed by atoms with Gasteiger partial charge in [0.1, 0.15) is 6.04 Å². The van der Waals surface area contributed by atoms with Gasteiger partial charge in [-0.15, -0.1) is 12.4 Å². The quantitative estimate of drug-likeness (QED) is 0.681. The normalized spacial score (nSPS) is 39.6. The van der Waals surface area contributed by atoms with Crippen LogP contribution in [0.4, 0.5) is 0 Å². The summed E-state index contributed by atoms with van der Waals surface area (Å²) in [7, 11) is 0. The van der Waals surface area contributed by atoms with E-state index in [1.54, 1.807) is 0 Å². The largest absolute Gasteiger partial charge is 0.480 e. The molecule has 12 heavy (non-hydrogen) atoms. The molecule has 4 heteroatoms. The van der Waals surface area contributed by atoms with E-state index in [1.165, 1.54) is 12.8 Å². The number of carbonyl (C=O) groups is 1. The van der Waals surface area contributed by atoms with Crippen molar-refractivity contribution in [3.63, 3.8) is 0 Å². The fourth-order valence-corrected chi connectivity index (χ4v) is 2.38. The molecular formula is C8H14ClNO2. The summed E-state index contributed by atoms with van der Waals surface area (Å²) < 4.78 is 0. The highest BCUT2D eigenvalue weighted by molar-refractivity contribution is 5.85. The molecule has 0 aromatic rings. The Hall–Kier alpha value is -0.280. The van der Waals surface area contributed by atoms with Crippen molar-refractivity contribution in [2.24, 2.45) is 23.5 Å². The summed E-state index contributed by atoms with van der Waals surface area (Å²) >= 11 is 0. The van der Waals surface area contributed by atoms with Crippen LogP contribution in [0.3, 0.4) is 0 Å². The lowest BCUT2D eigenvalue weighted by Gasteiger charge is -2.15. The third-order valence-electron chi connectivity index (χ3n) is 3.14. The van der Waals surface area contributed by atoms with Crippen molar-refractivity contribution in [2.75, 3.05) is 0 Å². The number of carboxylic acids is 1. The molecule has 0 bridgehead atoms. The van der Waals surface area contributed by atoms with Gasteiger partial charge in [-0.25, -0.2) is 0 Å².